The van der Waals surface area contributed by atoms with Crippen LogP contribution < -0.4 is 10.5 Å². The number of nitrogens with zero attached hydrogens (tertiary/aromatic N) is 2. The van der Waals surface area contributed by atoms with Gasteiger partial charge in [0.05, 0.1) is 17.5 Å². The van der Waals surface area contributed by atoms with Crippen LogP contribution in [0, 0.1) is 6.92 Å². The Balaban J connectivity index is 1.34. The summed E-state index contributed by atoms with van der Waals surface area (Å²) >= 11 is 0. The van der Waals surface area contributed by atoms with Gasteiger partial charge in [-0.05, 0) is 60.4 Å². The van der Waals surface area contributed by atoms with E-state index in [2.05, 4.69) is 9.88 Å². The molecule has 0 bridgehead atoms. The third kappa shape index (κ3) is 5.07. The van der Waals surface area contributed by atoms with Crippen molar-refractivity contribution in [3.63, 3.8) is 0 Å². The number of hydrogen-bond donors (Lipinski definition) is 1. The van der Waals surface area contributed by atoms with Crippen LogP contribution >= 0.6 is 0 Å². The molecule has 2 aromatic carbocycles. The van der Waals surface area contributed by atoms with Gasteiger partial charge in [-0.1, -0.05) is 25.1 Å². The Kier molecular flexibility index (Phi) is 6.61. The first-order chi connectivity index (χ1) is 16.2. The van der Waals surface area contributed by atoms with Crippen LogP contribution in [-0.2, 0) is 19.1 Å². The number of amides is 1. The lowest BCUT2D eigenvalue weighted by Crippen LogP contribution is -2.53. The fraction of sp³-hybridized carbons (Fsp3) is 0.308. The van der Waals surface area contributed by atoms with E-state index in [1.165, 1.54) is 12.1 Å². The van der Waals surface area contributed by atoms with Crippen molar-refractivity contribution in [2.75, 3.05) is 13.1 Å². The summed E-state index contributed by atoms with van der Waals surface area (Å²) in [5.41, 5.74) is 9.85. The molecule has 3 aromatic rings. The fourth-order valence-electron chi connectivity index (χ4n) is 4.30. The van der Waals surface area contributed by atoms with Gasteiger partial charge in [0.15, 0.2) is 0 Å². The maximum absolute atomic E-state index is 12.7. The highest BCUT2D eigenvalue weighted by Crippen LogP contribution is 2.30. The van der Waals surface area contributed by atoms with Crippen LogP contribution in [0.15, 0.2) is 54.7 Å². The summed E-state index contributed by atoms with van der Waals surface area (Å²) < 4.78 is 44.1. The van der Waals surface area contributed by atoms with Gasteiger partial charge in [-0.15, -0.1) is 0 Å². The van der Waals surface area contributed by atoms with Crippen molar-refractivity contribution < 1.29 is 22.7 Å². The van der Waals surface area contributed by atoms with E-state index >= 15 is 0 Å². The Bertz CT molecular complexity index is 1170. The van der Waals surface area contributed by atoms with Crippen molar-refractivity contribution in [3.8, 4) is 17.0 Å². The van der Waals surface area contributed by atoms with Crippen LogP contribution in [0.5, 0.6) is 5.75 Å². The van der Waals surface area contributed by atoms with Crippen molar-refractivity contribution in [2.24, 2.45) is 5.73 Å². The number of nitrogens with two attached hydrogens (primary N) is 1. The zero-order valence-corrected chi connectivity index (χ0v) is 19.0. The van der Waals surface area contributed by atoms with Gasteiger partial charge in [0.1, 0.15) is 11.9 Å². The van der Waals surface area contributed by atoms with Crippen molar-refractivity contribution >= 4 is 5.91 Å². The van der Waals surface area contributed by atoms with E-state index in [0.29, 0.717) is 30.9 Å². The number of halogens is 3. The SMILES string of the molecule is CCc1c(-c2ccc(OC3CN(Cc4ccc(C(F)(F)F)cc4)C3)cn2)ccc(C(N)=O)c1C. The van der Waals surface area contributed by atoms with E-state index in [1.807, 2.05) is 32.0 Å². The summed E-state index contributed by atoms with van der Waals surface area (Å²) in [6.45, 7) is 5.89. The summed E-state index contributed by atoms with van der Waals surface area (Å²) in [6, 6.07) is 12.6. The Labute approximate surface area is 196 Å². The standard InChI is InChI=1S/C26H26F3N3O2/c1-3-21-16(2)22(25(30)33)9-10-23(21)24-11-8-19(12-31-24)34-20-14-32(15-20)13-17-4-6-18(7-5-17)26(27,28)29/h4-12,20H,3,13-15H2,1-2H3,(H2,30,33). The number of benzene rings is 2. The molecule has 1 aliphatic heterocycles. The van der Waals surface area contributed by atoms with Gasteiger partial charge in [0, 0.05) is 30.8 Å². The molecule has 0 saturated carbocycles. The largest absolute Gasteiger partial charge is 0.486 e. The average Bonchev–Trinajstić information content (AvgIpc) is 2.77. The molecule has 2 N–H and O–H groups in total. The lowest BCUT2D eigenvalue weighted by Gasteiger charge is -2.39. The summed E-state index contributed by atoms with van der Waals surface area (Å²) in [5, 5.41) is 0. The summed E-state index contributed by atoms with van der Waals surface area (Å²) in [7, 11) is 0. The van der Waals surface area contributed by atoms with Gasteiger partial charge < -0.3 is 10.5 Å². The first-order valence-electron chi connectivity index (χ1n) is 11.1. The molecule has 0 radical (unpaired) electrons. The van der Waals surface area contributed by atoms with Crippen LogP contribution in [0.4, 0.5) is 13.2 Å². The summed E-state index contributed by atoms with van der Waals surface area (Å²) in [5.74, 6) is 0.217. The zero-order valence-electron chi connectivity index (χ0n) is 19.0. The molecule has 4 rings (SSSR count). The van der Waals surface area contributed by atoms with E-state index in [-0.39, 0.29) is 6.10 Å². The number of carbonyl (C=O) groups excluding carboxylic acids is 1. The molecule has 8 heteroatoms. The van der Waals surface area contributed by atoms with Gasteiger partial charge in [-0.3, -0.25) is 14.7 Å². The normalized spacial score (nSPS) is 14.6. The van der Waals surface area contributed by atoms with E-state index < -0.39 is 17.6 Å². The minimum atomic E-state index is -4.32. The maximum Gasteiger partial charge on any atom is 0.416 e. The zero-order chi connectivity index (χ0) is 24.5. The molecule has 1 aliphatic rings. The molecule has 0 spiro atoms. The molecule has 1 saturated heterocycles. The average molecular weight is 470 g/mol. The highest BCUT2D eigenvalue weighted by molar-refractivity contribution is 5.95. The number of ether oxygens (including phenoxy) is 1. The van der Waals surface area contributed by atoms with E-state index in [9.17, 15) is 18.0 Å². The van der Waals surface area contributed by atoms with Gasteiger partial charge in [-0.25, -0.2) is 0 Å². The maximum atomic E-state index is 12.7. The molecule has 1 fully saturated rings. The molecular formula is C26H26F3N3O2. The lowest BCUT2D eigenvalue weighted by atomic mass is 9.93. The molecule has 34 heavy (non-hydrogen) atoms. The van der Waals surface area contributed by atoms with Crippen LogP contribution in [0.3, 0.4) is 0 Å². The highest BCUT2D eigenvalue weighted by atomic mass is 19.4. The predicted molar refractivity (Wildman–Crippen MR) is 123 cm³/mol. The lowest BCUT2D eigenvalue weighted by molar-refractivity contribution is -0.137. The van der Waals surface area contributed by atoms with Gasteiger partial charge in [0.2, 0.25) is 5.91 Å². The molecular weight excluding hydrogens is 443 g/mol. The topological polar surface area (TPSA) is 68.4 Å². The van der Waals surface area contributed by atoms with Crippen molar-refractivity contribution in [2.45, 2.75) is 39.1 Å². The third-order valence-electron chi connectivity index (χ3n) is 6.14. The molecule has 1 amide bonds. The molecule has 1 aromatic heterocycles. The third-order valence-corrected chi connectivity index (χ3v) is 6.14. The van der Waals surface area contributed by atoms with Crippen LogP contribution in [-0.4, -0.2) is 35.0 Å². The number of carbonyl (C=O) groups is 1. The van der Waals surface area contributed by atoms with E-state index in [4.69, 9.17) is 10.5 Å². The molecule has 0 atom stereocenters. The van der Waals surface area contributed by atoms with Gasteiger partial charge in [0.25, 0.3) is 0 Å². The highest BCUT2D eigenvalue weighted by Gasteiger charge is 2.31. The second-order valence-corrected chi connectivity index (χ2v) is 8.49. The number of pyridine rings is 1. The molecule has 0 aliphatic carbocycles. The monoisotopic (exact) mass is 469 g/mol. The molecule has 2 heterocycles. The first-order valence-corrected chi connectivity index (χ1v) is 11.1. The number of likely N-dealkylation sites (tertiary alicyclic amines) is 1. The molecule has 0 unspecified atom stereocenters. The molecule has 5 nitrogen and oxygen atoms in total. The Morgan fingerprint density at radius 3 is 2.38 bits per heavy atom. The summed E-state index contributed by atoms with van der Waals surface area (Å²) in [6.07, 6.45) is -1.88. The number of alkyl halides is 3. The Morgan fingerprint density at radius 1 is 1.12 bits per heavy atom. The van der Waals surface area contributed by atoms with E-state index in [1.54, 1.807) is 12.3 Å². The fourth-order valence-corrected chi connectivity index (χ4v) is 4.30. The minimum Gasteiger partial charge on any atom is -0.486 e. The quantitative estimate of drug-likeness (QED) is 0.529. The second-order valence-electron chi connectivity index (χ2n) is 8.49. The second kappa shape index (κ2) is 9.46. The summed E-state index contributed by atoms with van der Waals surface area (Å²) in [4.78, 5) is 18.3. The smallest absolute Gasteiger partial charge is 0.416 e. The molecule has 178 valence electrons. The van der Waals surface area contributed by atoms with Crippen molar-refractivity contribution in [1.82, 2.24) is 9.88 Å². The number of hydrogen-bond acceptors (Lipinski definition) is 4. The predicted octanol–water partition coefficient (Wildman–Crippen LogP) is 5.00. The van der Waals surface area contributed by atoms with Crippen molar-refractivity contribution in [1.29, 1.82) is 0 Å². The van der Waals surface area contributed by atoms with Gasteiger partial charge in [-0.2, -0.15) is 13.2 Å². The Morgan fingerprint density at radius 2 is 1.82 bits per heavy atom. The van der Waals surface area contributed by atoms with Crippen LogP contribution in [0.1, 0.15) is 39.5 Å². The van der Waals surface area contributed by atoms with Gasteiger partial charge >= 0.3 is 6.18 Å². The minimum absolute atomic E-state index is 0.00500. The van der Waals surface area contributed by atoms with Crippen molar-refractivity contribution in [3.05, 3.63) is 82.5 Å². The van der Waals surface area contributed by atoms with Crippen LogP contribution in [0.25, 0.3) is 11.3 Å². The number of aromatic nitrogens is 1. The number of primary amides is 1. The Hall–Kier alpha value is -3.39. The van der Waals surface area contributed by atoms with Crippen LogP contribution in [0.2, 0.25) is 0 Å². The van der Waals surface area contributed by atoms with E-state index in [0.717, 1.165) is 46.5 Å². The number of rotatable bonds is 7. The first kappa shape index (κ1) is 23.8.